The second-order valence-corrected chi connectivity index (χ2v) is 5.47. The van der Waals surface area contributed by atoms with Gasteiger partial charge in [-0.05, 0) is 31.4 Å². The summed E-state index contributed by atoms with van der Waals surface area (Å²) in [6.45, 7) is 2.61. The summed E-state index contributed by atoms with van der Waals surface area (Å²) in [5.41, 5.74) is 0.132. The topological polar surface area (TPSA) is 57.6 Å². The van der Waals surface area contributed by atoms with Gasteiger partial charge in [0.25, 0.3) is 0 Å². The van der Waals surface area contributed by atoms with Crippen LogP contribution in [0.4, 0.5) is 0 Å². The summed E-state index contributed by atoms with van der Waals surface area (Å²) >= 11 is 0. The maximum Gasteiger partial charge on any atom is 0.311 e. The van der Waals surface area contributed by atoms with Crippen LogP contribution >= 0.6 is 0 Å². The number of piperidine rings is 1. The highest BCUT2D eigenvalue weighted by atomic mass is 16.4. The van der Waals surface area contributed by atoms with Gasteiger partial charge in [-0.2, -0.15) is 0 Å². The van der Waals surface area contributed by atoms with Gasteiger partial charge in [0.1, 0.15) is 0 Å². The van der Waals surface area contributed by atoms with Crippen molar-refractivity contribution in [2.45, 2.75) is 19.8 Å². The third kappa shape index (κ3) is 3.26. The molecule has 1 aromatic carbocycles. The highest BCUT2D eigenvalue weighted by Crippen LogP contribution is 2.29. The zero-order valence-corrected chi connectivity index (χ0v) is 11.6. The molecule has 0 aliphatic carbocycles. The highest BCUT2D eigenvalue weighted by Gasteiger charge is 2.38. The van der Waals surface area contributed by atoms with E-state index >= 15 is 0 Å². The van der Waals surface area contributed by atoms with Crippen LogP contribution in [0.25, 0.3) is 6.08 Å². The number of likely N-dealkylation sites (tertiary alicyclic amines) is 1. The molecule has 1 aliphatic heterocycles. The summed E-state index contributed by atoms with van der Waals surface area (Å²) < 4.78 is 0. The fourth-order valence-electron chi connectivity index (χ4n) is 2.44. The Hall–Kier alpha value is -2.10. The standard InChI is InChI=1S/C16H19NO3/c1-16(15(19)20)10-5-11-17(12-16)14(18)9-8-13-6-3-2-4-7-13/h2-4,6-9H,5,10-12H2,1H3,(H,19,20)/b9-8+. The van der Waals surface area contributed by atoms with Gasteiger partial charge in [-0.1, -0.05) is 30.3 Å². The van der Waals surface area contributed by atoms with Crippen LogP contribution in [0.5, 0.6) is 0 Å². The normalized spacial score (nSPS) is 22.9. The van der Waals surface area contributed by atoms with Gasteiger partial charge < -0.3 is 10.0 Å². The first-order chi connectivity index (χ1) is 9.51. The van der Waals surface area contributed by atoms with Gasteiger partial charge in [0.2, 0.25) is 5.91 Å². The van der Waals surface area contributed by atoms with E-state index in [-0.39, 0.29) is 12.5 Å². The first kappa shape index (κ1) is 14.3. The maximum absolute atomic E-state index is 12.1. The zero-order chi connectivity index (χ0) is 14.6. The molecule has 1 saturated heterocycles. The number of aliphatic carboxylic acids is 1. The Balaban J connectivity index is 2.03. The Morgan fingerprint density at radius 1 is 1.30 bits per heavy atom. The zero-order valence-electron chi connectivity index (χ0n) is 11.6. The predicted molar refractivity (Wildman–Crippen MR) is 77.0 cm³/mol. The van der Waals surface area contributed by atoms with Crippen molar-refractivity contribution in [3.8, 4) is 0 Å². The lowest BCUT2D eigenvalue weighted by molar-refractivity contribution is -0.152. The predicted octanol–water partition coefficient (Wildman–Crippen LogP) is 2.41. The van der Waals surface area contributed by atoms with Crippen LogP contribution in [-0.2, 0) is 9.59 Å². The number of benzene rings is 1. The summed E-state index contributed by atoms with van der Waals surface area (Å²) in [5, 5.41) is 9.25. The lowest BCUT2D eigenvalue weighted by atomic mass is 9.82. The van der Waals surface area contributed by atoms with E-state index in [0.717, 1.165) is 12.0 Å². The summed E-state index contributed by atoms with van der Waals surface area (Å²) in [5.74, 6) is -0.955. The van der Waals surface area contributed by atoms with Crippen molar-refractivity contribution in [1.29, 1.82) is 0 Å². The number of carboxylic acids is 1. The van der Waals surface area contributed by atoms with Crippen molar-refractivity contribution >= 4 is 18.0 Å². The van der Waals surface area contributed by atoms with Crippen LogP contribution in [0.1, 0.15) is 25.3 Å². The van der Waals surface area contributed by atoms with Gasteiger partial charge in [-0.15, -0.1) is 0 Å². The van der Waals surface area contributed by atoms with Crippen molar-refractivity contribution in [3.63, 3.8) is 0 Å². The Bertz CT molecular complexity index is 524. The fraction of sp³-hybridized carbons (Fsp3) is 0.375. The van der Waals surface area contributed by atoms with Crippen LogP contribution in [-0.4, -0.2) is 35.0 Å². The van der Waals surface area contributed by atoms with Gasteiger partial charge in [0.05, 0.1) is 5.41 Å². The van der Waals surface area contributed by atoms with Gasteiger partial charge in [-0.25, -0.2) is 0 Å². The Morgan fingerprint density at radius 3 is 2.65 bits per heavy atom. The van der Waals surface area contributed by atoms with E-state index in [4.69, 9.17) is 0 Å². The van der Waals surface area contributed by atoms with E-state index in [1.165, 1.54) is 6.08 Å². The van der Waals surface area contributed by atoms with E-state index in [0.29, 0.717) is 13.0 Å². The van der Waals surface area contributed by atoms with Crippen molar-refractivity contribution in [2.75, 3.05) is 13.1 Å². The molecule has 106 valence electrons. The maximum atomic E-state index is 12.1. The van der Waals surface area contributed by atoms with E-state index in [1.54, 1.807) is 17.9 Å². The molecule has 1 fully saturated rings. The van der Waals surface area contributed by atoms with E-state index in [9.17, 15) is 14.7 Å². The third-order valence-corrected chi connectivity index (χ3v) is 3.74. The number of nitrogens with zero attached hydrogens (tertiary/aromatic N) is 1. The highest BCUT2D eigenvalue weighted by molar-refractivity contribution is 5.92. The second-order valence-electron chi connectivity index (χ2n) is 5.47. The molecule has 1 heterocycles. The molecular weight excluding hydrogens is 254 g/mol. The van der Waals surface area contributed by atoms with Gasteiger partial charge in [0, 0.05) is 19.2 Å². The Morgan fingerprint density at radius 2 is 2.00 bits per heavy atom. The molecule has 4 heteroatoms. The monoisotopic (exact) mass is 273 g/mol. The van der Waals surface area contributed by atoms with Crippen LogP contribution in [0, 0.1) is 5.41 Å². The van der Waals surface area contributed by atoms with Crippen LogP contribution in [0.2, 0.25) is 0 Å². The summed E-state index contributed by atoms with van der Waals surface area (Å²) in [6, 6.07) is 9.57. The molecule has 1 unspecified atom stereocenters. The molecule has 0 bridgehead atoms. The molecule has 0 aromatic heterocycles. The minimum Gasteiger partial charge on any atom is -0.481 e. The minimum atomic E-state index is -0.831. The molecule has 1 N–H and O–H groups in total. The molecule has 4 nitrogen and oxygen atoms in total. The minimum absolute atomic E-state index is 0.124. The average Bonchev–Trinajstić information content (AvgIpc) is 2.46. The van der Waals surface area contributed by atoms with E-state index in [1.807, 2.05) is 30.3 Å². The van der Waals surface area contributed by atoms with Gasteiger partial charge >= 0.3 is 5.97 Å². The quantitative estimate of drug-likeness (QED) is 0.860. The summed E-state index contributed by atoms with van der Waals surface area (Å²) in [6.07, 6.45) is 4.63. The number of carbonyl (C=O) groups is 2. The Labute approximate surface area is 118 Å². The number of hydrogen-bond acceptors (Lipinski definition) is 2. The lowest BCUT2D eigenvalue weighted by Crippen LogP contribution is -2.47. The summed E-state index contributed by atoms with van der Waals surface area (Å²) in [7, 11) is 0. The van der Waals surface area contributed by atoms with Crippen LogP contribution in [0.15, 0.2) is 36.4 Å². The molecule has 0 spiro atoms. The van der Waals surface area contributed by atoms with Crippen molar-refractivity contribution in [1.82, 2.24) is 4.90 Å². The number of carbonyl (C=O) groups excluding carboxylic acids is 1. The lowest BCUT2D eigenvalue weighted by Gasteiger charge is -2.37. The molecule has 0 saturated carbocycles. The van der Waals surface area contributed by atoms with Crippen LogP contribution in [0.3, 0.4) is 0 Å². The summed E-state index contributed by atoms with van der Waals surface area (Å²) in [4.78, 5) is 25.0. The van der Waals surface area contributed by atoms with Crippen molar-refractivity contribution in [3.05, 3.63) is 42.0 Å². The average molecular weight is 273 g/mol. The van der Waals surface area contributed by atoms with Crippen LogP contribution < -0.4 is 0 Å². The molecule has 1 aliphatic rings. The van der Waals surface area contributed by atoms with Crippen molar-refractivity contribution < 1.29 is 14.7 Å². The number of carboxylic acid groups (broad SMARTS) is 1. The van der Waals surface area contributed by atoms with Crippen molar-refractivity contribution in [2.24, 2.45) is 5.41 Å². The second kappa shape index (κ2) is 5.90. The molecule has 20 heavy (non-hydrogen) atoms. The first-order valence-electron chi connectivity index (χ1n) is 6.77. The molecule has 1 aromatic rings. The fourth-order valence-corrected chi connectivity index (χ4v) is 2.44. The SMILES string of the molecule is CC1(C(=O)O)CCCN(C(=O)/C=C/c2ccccc2)C1. The third-order valence-electron chi connectivity index (χ3n) is 3.74. The molecule has 1 atom stereocenters. The van der Waals surface area contributed by atoms with Gasteiger partial charge in [-0.3, -0.25) is 9.59 Å². The van der Waals surface area contributed by atoms with E-state index < -0.39 is 11.4 Å². The number of hydrogen-bond donors (Lipinski definition) is 1. The van der Waals surface area contributed by atoms with E-state index in [2.05, 4.69) is 0 Å². The first-order valence-corrected chi connectivity index (χ1v) is 6.77. The molecule has 2 rings (SSSR count). The molecule has 0 radical (unpaired) electrons. The Kier molecular flexibility index (Phi) is 4.23. The smallest absolute Gasteiger partial charge is 0.311 e. The largest absolute Gasteiger partial charge is 0.481 e. The van der Waals surface area contributed by atoms with Gasteiger partial charge in [0.15, 0.2) is 0 Å². The number of amides is 1. The molecule has 1 amide bonds. The molecular formula is C16H19NO3. The number of rotatable bonds is 3.